The Balaban J connectivity index is 1.95. The summed E-state index contributed by atoms with van der Waals surface area (Å²) in [6.07, 6.45) is 1.50. The number of fused-ring (bicyclic) bond motifs is 1. The predicted octanol–water partition coefficient (Wildman–Crippen LogP) is 2.64. The third kappa shape index (κ3) is 2.28. The van der Waals surface area contributed by atoms with E-state index in [0.717, 1.165) is 11.0 Å². The summed E-state index contributed by atoms with van der Waals surface area (Å²) in [6, 6.07) is 11.8. The number of rotatable bonds is 3. The third-order valence-electron chi connectivity index (χ3n) is 3.42. The molecular formula is C15H12N4O3. The van der Waals surface area contributed by atoms with Crippen molar-refractivity contribution in [3.8, 4) is 0 Å². The van der Waals surface area contributed by atoms with Crippen molar-refractivity contribution in [2.24, 2.45) is 0 Å². The summed E-state index contributed by atoms with van der Waals surface area (Å²) < 4.78 is 1.50. The van der Waals surface area contributed by atoms with Gasteiger partial charge in [0.05, 0.1) is 21.5 Å². The topological polar surface area (TPSA) is 90.1 Å². The highest BCUT2D eigenvalue weighted by atomic mass is 16.6. The Hall–Kier alpha value is -3.22. The lowest BCUT2D eigenvalue weighted by molar-refractivity contribution is -0.385. The van der Waals surface area contributed by atoms with Gasteiger partial charge in [-0.15, -0.1) is 0 Å². The van der Waals surface area contributed by atoms with Gasteiger partial charge in [-0.2, -0.15) is 0 Å². The van der Waals surface area contributed by atoms with Gasteiger partial charge in [-0.3, -0.25) is 20.3 Å². The molecule has 0 radical (unpaired) electrons. The fraction of sp³-hybridized carbons (Fsp3) is 0.0667. The van der Waals surface area contributed by atoms with Crippen molar-refractivity contribution in [2.75, 3.05) is 5.43 Å². The van der Waals surface area contributed by atoms with E-state index in [4.69, 9.17) is 0 Å². The molecule has 0 aliphatic heterocycles. The van der Waals surface area contributed by atoms with E-state index < -0.39 is 10.8 Å². The zero-order valence-electron chi connectivity index (χ0n) is 11.7. The van der Waals surface area contributed by atoms with Gasteiger partial charge in [-0.1, -0.05) is 18.2 Å². The number of imidazole rings is 1. The molecule has 1 N–H and O–H groups in total. The molecule has 3 rings (SSSR count). The highest BCUT2D eigenvalue weighted by Gasteiger charge is 2.18. The lowest BCUT2D eigenvalue weighted by Crippen LogP contribution is -2.23. The molecule has 0 bridgehead atoms. The van der Waals surface area contributed by atoms with Gasteiger partial charge in [0.25, 0.3) is 11.6 Å². The molecule has 0 unspecified atom stereocenters. The van der Waals surface area contributed by atoms with Gasteiger partial charge in [-0.25, -0.2) is 9.66 Å². The Morgan fingerprint density at radius 3 is 2.77 bits per heavy atom. The minimum Gasteiger partial charge on any atom is -0.267 e. The summed E-state index contributed by atoms with van der Waals surface area (Å²) in [5, 5.41) is 10.9. The number of aromatic nitrogens is 2. The van der Waals surface area contributed by atoms with Crippen LogP contribution in [0.2, 0.25) is 0 Å². The van der Waals surface area contributed by atoms with Crippen LogP contribution in [0.3, 0.4) is 0 Å². The monoisotopic (exact) mass is 296 g/mol. The molecule has 7 heteroatoms. The standard InChI is InChI=1S/C15H12N4O3/c1-10-11(5-4-8-13(10)19(21)22)15(20)17-18-9-16-12-6-2-3-7-14(12)18/h2-9H,1H3,(H,17,20). The Kier molecular flexibility index (Phi) is 3.30. The number of nitro groups is 1. The number of carbonyl (C=O) groups is 1. The number of carbonyl (C=O) groups excluding carboxylic acids is 1. The summed E-state index contributed by atoms with van der Waals surface area (Å²) in [4.78, 5) is 27.0. The minimum absolute atomic E-state index is 0.0804. The maximum absolute atomic E-state index is 12.4. The second-order valence-electron chi connectivity index (χ2n) is 4.75. The third-order valence-corrected chi connectivity index (χ3v) is 3.42. The number of benzene rings is 2. The molecule has 0 saturated carbocycles. The Bertz CT molecular complexity index is 885. The molecule has 0 saturated heterocycles. The quantitative estimate of drug-likeness (QED) is 0.594. The largest absolute Gasteiger partial charge is 0.273 e. The number of nitrogens with one attached hydrogen (secondary N) is 1. The SMILES string of the molecule is Cc1c(C(=O)Nn2cnc3ccccc32)cccc1[N+](=O)[O-]. The van der Waals surface area contributed by atoms with Gasteiger partial charge in [0.15, 0.2) is 0 Å². The first kappa shape index (κ1) is 13.7. The van der Waals surface area contributed by atoms with Crippen molar-refractivity contribution in [3.63, 3.8) is 0 Å². The molecule has 1 heterocycles. The summed E-state index contributed by atoms with van der Waals surface area (Å²) in [5.74, 6) is -0.427. The van der Waals surface area contributed by atoms with Crippen LogP contribution in [0, 0.1) is 17.0 Å². The maximum Gasteiger partial charge on any atom is 0.273 e. The maximum atomic E-state index is 12.4. The molecule has 0 aliphatic carbocycles. The Morgan fingerprint density at radius 2 is 2.00 bits per heavy atom. The number of amides is 1. The van der Waals surface area contributed by atoms with Crippen molar-refractivity contribution in [3.05, 3.63) is 70.0 Å². The summed E-state index contributed by atoms with van der Waals surface area (Å²) in [6.45, 7) is 1.55. The molecule has 7 nitrogen and oxygen atoms in total. The molecule has 1 amide bonds. The van der Waals surface area contributed by atoms with Gasteiger partial charge in [0.1, 0.15) is 6.33 Å². The molecule has 22 heavy (non-hydrogen) atoms. The fourth-order valence-corrected chi connectivity index (χ4v) is 2.29. The highest BCUT2D eigenvalue weighted by Crippen LogP contribution is 2.21. The van der Waals surface area contributed by atoms with Crippen LogP contribution >= 0.6 is 0 Å². The number of para-hydroxylation sites is 2. The number of hydrogen-bond donors (Lipinski definition) is 1. The first-order valence-electron chi connectivity index (χ1n) is 6.55. The molecule has 1 aromatic heterocycles. The van der Waals surface area contributed by atoms with Crippen LogP contribution in [0.5, 0.6) is 0 Å². The van der Waals surface area contributed by atoms with Crippen LogP contribution in [0.4, 0.5) is 5.69 Å². The van der Waals surface area contributed by atoms with Crippen LogP contribution in [0.15, 0.2) is 48.8 Å². The van der Waals surface area contributed by atoms with E-state index in [9.17, 15) is 14.9 Å². The van der Waals surface area contributed by atoms with E-state index in [1.54, 1.807) is 13.0 Å². The molecule has 0 spiro atoms. The van der Waals surface area contributed by atoms with E-state index in [-0.39, 0.29) is 11.3 Å². The lowest BCUT2D eigenvalue weighted by Gasteiger charge is -2.09. The van der Waals surface area contributed by atoms with E-state index in [1.807, 2.05) is 24.3 Å². The van der Waals surface area contributed by atoms with Crippen molar-refractivity contribution >= 4 is 22.6 Å². The van der Waals surface area contributed by atoms with Crippen molar-refractivity contribution < 1.29 is 9.72 Å². The predicted molar refractivity (Wildman–Crippen MR) is 81.3 cm³/mol. The van der Waals surface area contributed by atoms with Crippen LogP contribution in [-0.2, 0) is 0 Å². The summed E-state index contributed by atoms with van der Waals surface area (Å²) >= 11 is 0. The fourth-order valence-electron chi connectivity index (χ4n) is 2.29. The second kappa shape index (κ2) is 5.28. The average Bonchev–Trinajstić information content (AvgIpc) is 2.90. The smallest absolute Gasteiger partial charge is 0.267 e. The van der Waals surface area contributed by atoms with Crippen molar-refractivity contribution in [1.82, 2.24) is 9.66 Å². The molecular weight excluding hydrogens is 284 g/mol. The van der Waals surface area contributed by atoms with Gasteiger partial charge >= 0.3 is 0 Å². The van der Waals surface area contributed by atoms with Crippen LogP contribution < -0.4 is 5.43 Å². The first-order chi connectivity index (χ1) is 10.6. The van der Waals surface area contributed by atoms with E-state index in [0.29, 0.717) is 5.56 Å². The van der Waals surface area contributed by atoms with Crippen molar-refractivity contribution in [1.29, 1.82) is 0 Å². The van der Waals surface area contributed by atoms with Gasteiger partial charge in [-0.05, 0) is 25.1 Å². The van der Waals surface area contributed by atoms with Gasteiger partial charge in [0.2, 0.25) is 0 Å². The van der Waals surface area contributed by atoms with Crippen LogP contribution in [0.25, 0.3) is 11.0 Å². The molecule has 0 fully saturated rings. The minimum atomic E-state index is -0.501. The zero-order chi connectivity index (χ0) is 15.7. The average molecular weight is 296 g/mol. The number of hydrogen-bond acceptors (Lipinski definition) is 4. The van der Waals surface area contributed by atoms with E-state index >= 15 is 0 Å². The van der Waals surface area contributed by atoms with Crippen LogP contribution in [-0.4, -0.2) is 20.5 Å². The zero-order valence-corrected chi connectivity index (χ0v) is 11.7. The molecule has 0 aliphatic rings. The molecule has 3 aromatic rings. The molecule has 2 aromatic carbocycles. The molecule has 0 atom stereocenters. The van der Waals surface area contributed by atoms with E-state index in [2.05, 4.69) is 10.4 Å². The van der Waals surface area contributed by atoms with E-state index in [1.165, 1.54) is 23.1 Å². The number of nitrogens with zero attached hydrogens (tertiary/aromatic N) is 3. The van der Waals surface area contributed by atoms with Gasteiger partial charge in [0, 0.05) is 11.6 Å². The van der Waals surface area contributed by atoms with Gasteiger partial charge < -0.3 is 0 Å². The normalized spacial score (nSPS) is 10.6. The highest BCUT2D eigenvalue weighted by molar-refractivity contribution is 6.02. The lowest BCUT2D eigenvalue weighted by atomic mass is 10.1. The first-order valence-corrected chi connectivity index (χ1v) is 6.55. The molecule has 110 valence electrons. The van der Waals surface area contributed by atoms with Crippen molar-refractivity contribution in [2.45, 2.75) is 6.92 Å². The summed E-state index contributed by atoms with van der Waals surface area (Å²) in [7, 11) is 0. The Morgan fingerprint density at radius 1 is 1.23 bits per heavy atom. The summed E-state index contributed by atoms with van der Waals surface area (Å²) in [5.41, 5.74) is 4.68. The number of nitro benzene ring substituents is 1. The second-order valence-corrected chi connectivity index (χ2v) is 4.75. The Labute approximate surface area is 125 Å². The van der Waals surface area contributed by atoms with Crippen LogP contribution in [0.1, 0.15) is 15.9 Å².